The van der Waals surface area contributed by atoms with Crippen LogP contribution in [0.4, 0.5) is 10.1 Å². The van der Waals surface area contributed by atoms with Crippen LogP contribution in [0.1, 0.15) is 23.2 Å². The number of ether oxygens (including phenoxy) is 1. The van der Waals surface area contributed by atoms with E-state index < -0.39 is 17.8 Å². The highest BCUT2D eigenvalue weighted by atomic mass is 35.5. The number of nitrogens with zero attached hydrogens (tertiary/aromatic N) is 1. The first-order valence-corrected chi connectivity index (χ1v) is 7.10. The number of nitrogens with two attached hydrogens (primary N) is 1. The summed E-state index contributed by atoms with van der Waals surface area (Å²) < 4.78 is 19.2. The van der Waals surface area contributed by atoms with Gasteiger partial charge in [0.15, 0.2) is 0 Å². The van der Waals surface area contributed by atoms with E-state index in [4.69, 9.17) is 10.5 Å². The number of hydrogen-bond acceptors (Lipinski definition) is 4. The summed E-state index contributed by atoms with van der Waals surface area (Å²) in [6.45, 7) is 0.377. The average Bonchev–Trinajstić information content (AvgIpc) is 2.97. The fraction of sp³-hybridized carbons (Fsp3) is 0.467. The molecule has 0 radical (unpaired) electrons. The molecule has 1 aromatic carbocycles. The zero-order valence-corrected chi connectivity index (χ0v) is 13.9. The van der Waals surface area contributed by atoms with Crippen LogP contribution < -0.4 is 11.1 Å². The number of amides is 2. The highest BCUT2D eigenvalue weighted by Gasteiger charge is 2.30. The molecule has 6 nitrogen and oxygen atoms in total. The third kappa shape index (κ3) is 4.63. The summed E-state index contributed by atoms with van der Waals surface area (Å²) in [4.78, 5) is 25.3. The zero-order chi connectivity index (χ0) is 16.3. The van der Waals surface area contributed by atoms with Gasteiger partial charge in [0.25, 0.3) is 11.8 Å². The molecule has 3 N–H and O–H groups in total. The van der Waals surface area contributed by atoms with Gasteiger partial charge in [-0.2, -0.15) is 0 Å². The van der Waals surface area contributed by atoms with Crippen LogP contribution in [-0.4, -0.2) is 49.6 Å². The maximum atomic E-state index is 13.7. The predicted octanol–water partition coefficient (Wildman–Crippen LogP) is 1.39. The van der Waals surface area contributed by atoms with Gasteiger partial charge in [-0.1, -0.05) is 0 Å². The highest BCUT2D eigenvalue weighted by Crippen LogP contribution is 2.21. The number of anilines is 1. The largest absolute Gasteiger partial charge is 0.364 e. The van der Waals surface area contributed by atoms with Crippen molar-refractivity contribution in [1.82, 2.24) is 4.90 Å². The summed E-state index contributed by atoms with van der Waals surface area (Å²) in [6.07, 6.45) is 0.669. The summed E-state index contributed by atoms with van der Waals surface area (Å²) in [5.74, 6) is -1.41. The topological polar surface area (TPSA) is 84.7 Å². The van der Waals surface area contributed by atoms with E-state index in [1.54, 1.807) is 0 Å². The molecule has 2 atom stereocenters. The van der Waals surface area contributed by atoms with Gasteiger partial charge in [-0.3, -0.25) is 9.59 Å². The molecule has 0 aromatic heterocycles. The van der Waals surface area contributed by atoms with E-state index in [0.29, 0.717) is 18.7 Å². The Kier molecular flexibility index (Phi) is 6.93. The van der Waals surface area contributed by atoms with Crippen molar-refractivity contribution >= 4 is 29.9 Å². The molecule has 1 aliphatic heterocycles. The summed E-state index contributed by atoms with van der Waals surface area (Å²) in [7, 11) is 3.07. The molecule has 0 saturated carbocycles. The van der Waals surface area contributed by atoms with E-state index in [1.807, 2.05) is 0 Å². The number of hydrogen-bond donors (Lipinski definition) is 2. The Morgan fingerprint density at radius 1 is 1.39 bits per heavy atom. The quantitative estimate of drug-likeness (QED) is 0.863. The van der Waals surface area contributed by atoms with Crippen molar-refractivity contribution in [2.45, 2.75) is 25.0 Å². The van der Waals surface area contributed by atoms with Crippen LogP contribution in [0.5, 0.6) is 0 Å². The van der Waals surface area contributed by atoms with Gasteiger partial charge in [0.1, 0.15) is 11.9 Å². The fourth-order valence-electron chi connectivity index (χ4n) is 2.30. The standard InChI is InChI=1S/C15H20FN3O3.ClH/c1-19(2)15(21)11-7-9(3-5-12(11)16)18-14(20)13-6-4-10(8-17)22-13;/h3,5,7,10,13H,4,6,8,17H2,1-2H3,(H,18,20);1H/t10-,13+;/m1./s1. The fourth-order valence-corrected chi connectivity index (χ4v) is 2.30. The summed E-state index contributed by atoms with van der Waals surface area (Å²) in [5.41, 5.74) is 5.78. The Balaban J connectivity index is 0.00000264. The molecule has 1 fully saturated rings. The lowest BCUT2D eigenvalue weighted by molar-refractivity contribution is -0.126. The van der Waals surface area contributed by atoms with Crippen molar-refractivity contribution < 1.29 is 18.7 Å². The van der Waals surface area contributed by atoms with Crippen molar-refractivity contribution in [3.05, 3.63) is 29.6 Å². The third-order valence-corrected chi connectivity index (χ3v) is 3.53. The Morgan fingerprint density at radius 3 is 2.65 bits per heavy atom. The van der Waals surface area contributed by atoms with Crippen LogP contribution in [0.2, 0.25) is 0 Å². The molecule has 0 bridgehead atoms. The second-order valence-electron chi connectivity index (χ2n) is 5.44. The van der Waals surface area contributed by atoms with E-state index in [0.717, 1.165) is 12.5 Å². The monoisotopic (exact) mass is 345 g/mol. The second kappa shape index (κ2) is 8.24. The molecular formula is C15H21ClFN3O3. The van der Waals surface area contributed by atoms with Gasteiger partial charge in [0.05, 0.1) is 11.7 Å². The number of rotatable bonds is 4. The van der Waals surface area contributed by atoms with Crippen LogP contribution in [0.3, 0.4) is 0 Å². The van der Waals surface area contributed by atoms with Gasteiger partial charge in [-0.25, -0.2) is 4.39 Å². The van der Waals surface area contributed by atoms with Crippen LogP contribution in [-0.2, 0) is 9.53 Å². The lowest BCUT2D eigenvalue weighted by Crippen LogP contribution is -2.30. The minimum absolute atomic E-state index is 0. The molecule has 0 unspecified atom stereocenters. The smallest absolute Gasteiger partial charge is 0.256 e. The third-order valence-electron chi connectivity index (χ3n) is 3.53. The zero-order valence-electron chi connectivity index (χ0n) is 13.0. The minimum atomic E-state index is -0.628. The number of carbonyl (C=O) groups is 2. The molecule has 1 aliphatic rings. The lowest BCUT2D eigenvalue weighted by atomic mass is 10.1. The van der Waals surface area contributed by atoms with Gasteiger partial charge in [0, 0.05) is 26.3 Å². The Labute approximate surface area is 140 Å². The molecule has 1 heterocycles. The van der Waals surface area contributed by atoms with Gasteiger partial charge in [-0.15, -0.1) is 12.4 Å². The van der Waals surface area contributed by atoms with Crippen LogP contribution in [0.25, 0.3) is 0 Å². The van der Waals surface area contributed by atoms with E-state index in [-0.39, 0.29) is 30.0 Å². The van der Waals surface area contributed by atoms with Gasteiger partial charge < -0.3 is 20.7 Å². The number of benzene rings is 1. The van der Waals surface area contributed by atoms with E-state index in [2.05, 4.69) is 5.32 Å². The summed E-state index contributed by atoms with van der Waals surface area (Å²) in [5, 5.41) is 2.65. The number of nitrogens with one attached hydrogen (secondary N) is 1. The highest BCUT2D eigenvalue weighted by molar-refractivity contribution is 5.98. The summed E-state index contributed by atoms with van der Waals surface area (Å²) >= 11 is 0. The first-order chi connectivity index (χ1) is 10.4. The van der Waals surface area contributed by atoms with Crippen molar-refractivity contribution in [1.29, 1.82) is 0 Å². The molecule has 23 heavy (non-hydrogen) atoms. The van der Waals surface area contributed by atoms with E-state index in [9.17, 15) is 14.0 Å². The Morgan fingerprint density at radius 2 is 2.09 bits per heavy atom. The normalized spacial score (nSPS) is 19.8. The minimum Gasteiger partial charge on any atom is -0.364 e. The van der Waals surface area contributed by atoms with Crippen LogP contribution >= 0.6 is 12.4 Å². The first-order valence-electron chi connectivity index (χ1n) is 7.10. The number of halogens is 2. The maximum absolute atomic E-state index is 13.7. The van der Waals surface area contributed by atoms with Crippen molar-refractivity contribution in [2.75, 3.05) is 26.0 Å². The van der Waals surface area contributed by atoms with Crippen LogP contribution in [0, 0.1) is 5.82 Å². The first kappa shape index (κ1) is 19.3. The maximum Gasteiger partial charge on any atom is 0.256 e. The predicted molar refractivity (Wildman–Crippen MR) is 87.2 cm³/mol. The lowest BCUT2D eigenvalue weighted by Gasteiger charge is -2.15. The molecule has 2 rings (SSSR count). The SMILES string of the molecule is CN(C)C(=O)c1cc(NC(=O)[C@@H]2CC[C@H](CN)O2)ccc1F.Cl. The molecule has 1 aromatic rings. The van der Waals surface area contributed by atoms with Crippen LogP contribution in [0.15, 0.2) is 18.2 Å². The molecule has 1 saturated heterocycles. The van der Waals surface area contributed by atoms with Crippen molar-refractivity contribution in [2.24, 2.45) is 5.73 Å². The molecule has 0 aliphatic carbocycles. The average molecular weight is 346 g/mol. The molecule has 128 valence electrons. The second-order valence-corrected chi connectivity index (χ2v) is 5.44. The summed E-state index contributed by atoms with van der Waals surface area (Å²) in [6, 6.07) is 3.89. The molecular weight excluding hydrogens is 325 g/mol. The van der Waals surface area contributed by atoms with Gasteiger partial charge in [-0.05, 0) is 31.0 Å². The Hall–Kier alpha value is -1.70. The molecule has 8 heteroatoms. The van der Waals surface area contributed by atoms with E-state index >= 15 is 0 Å². The van der Waals surface area contributed by atoms with E-state index in [1.165, 1.54) is 31.1 Å². The van der Waals surface area contributed by atoms with Gasteiger partial charge in [0.2, 0.25) is 0 Å². The molecule has 0 spiro atoms. The Bertz CT molecular complexity index is 583. The van der Waals surface area contributed by atoms with Crippen molar-refractivity contribution in [3.63, 3.8) is 0 Å². The number of carbonyl (C=O) groups excluding carboxylic acids is 2. The van der Waals surface area contributed by atoms with Crippen molar-refractivity contribution in [3.8, 4) is 0 Å². The molecule has 2 amide bonds. The van der Waals surface area contributed by atoms with Gasteiger partial charge >= 0.3 is 0 Å².